The monoisotopic (exact) mass is 285 g/mol. The maximum Gasteiger partial charge on any atom is 0.223 e. The second kappa shape index (κ2) is 7.11. The standard InChI is InChI=1S/C18H23NO2/c1-4-5-11-16-18(17(20)12-14(2)19(16)3)21-13-15-9-7-6-8-10-15/h6-10,12H,4-5,11,13H2,1-3H3. The highest BCUT2D eigenvalue weighted by Gasteiger charge is 2.13. The molecule has 0 atom stereocenters. The fourth-order valence-corrected chi connectivity index (χ4v) is 2.37. The van der Waals surface area contributed by atoms with E-state index < -0.39 is 0 Å². The number of rotatable bonds is 6. The van der Waals surface area contributed by atoms with E-state index in [9.17, 15) is 4.79 Å². The normalized spacial score (nSPS) is 10.6. The zero-order chi connectivity index (χ0) is 15.2. The van der Waals surface area contributed by atoms with Gasteiger partial charge in [-0.25, -0.2) is 0 Å². The minimum atomic E-state index is -0.0207. The second-order valence-corrected chi connectivity index (χ2v) is 5.36. The lowest BCUT2D eigenvalue weighted by Gasteiger charge is -2.17. The first-order valence-electron chi connectivity index (χ1n) is 7.49. The van der Waals surface area contributed by atoms with Crippen LogP contribution in [0.1, 0.15) is 36.7 Å². The number of hydrogen-bond donors (Lipinski definition) is 0. The molecule has 1 heterocycles. The van der Waals surface area contributed by atoms with Gasteiger partial charge in [0.25, 0.3) is 0 Å². The van der Waals surface area contributed by atoms with Crippen molar-refractivity contribution in [1.29, 1.82) is 0 Å². The number of benzene rings is 1. The Hall–Kier alpha value is -2.03. The van der Waals surface area contributed by atoms with Crippen molar-refractivity contribution in [2.45, 2.75) is 39.7 Å². The van der Waals surface area contributed by atoms with Crippen molar-refractivity contribution in [3.8, 4) is 5.75 Å². The first kappa shape index (κ1) is 15.4. The van der Waals surface area contributed by atoms with Gasteiger partial charge in [0.1, 0.15) is 6.61 Å². The summed E-state index contributed by atoms with van der Waals surface area (Å²) in [6.45, 7) is 4.54. The number of hydrogen-bond acceptors (Lipinski definition) is 2. The molecule has 21 heavy (non-hydrogen) atoms. The van der Waals surface area contributed by atoms with E-state index in [1.165, 1.54) is 0 Å². The van der Waals surface area contributed by atoms with Crippen LogP contribution in [0.5, 0.6) is 5.75 Å². The van der Waals surface area contributed by atoms with Crippen LogP contribution in [0, 0.1) is 6.92 Å². The number of pyridine rings is 1. The average molecular weight is 285 g/mol. The Balaban J connectivity index is 2.28. The molecule has 1 aromatic carbocycles. The minimum Gasteiger partial charge on any atom is -0.483 e. The molecule has 0 radical (unpaired) electrons. The Morgan fingerprint density at radius 2 is 1.90 bits per heavy atom. The molecule has 0 fully saturated rings. The number of aromatic nitrogens is 1. The lowest BCUT2D eigenvalue weighted by molar-refractivity contribution is 0.295. The molecular weight excluding hydrogens is 262 g/mol. The number of unbranched alkanes of at least 4 members (excludes halogenated alkanes) is 1. The van der Waals surface area contributed by atoms with Crippen LogP contribution >= 0.6 is 0 Å². The second-order valence-electron chi connectivity index (χ2n) is 5.36. The van der Waals surface area contributed by atoms with E-state index in [0.717, 1.165) is 36.2 Å². The van der Waals surface area contributed by atoms with E-state index in [4.69, 9.17) is 4.74 Å². The molecule has 1 aromatic heterocycles. The molecule has 0 aliphatic rings. The van der Waals surface area contributed by atoms with Gasteiger partial charge >= 0.3 is 0 Å². The third-order valence-corrected chi connectivity index (χ3v) is 3.75. The van der Waals surface area contributed by atoms with E-state index in [0.29, 0.717) is 12.4 Å². The molecule has 2 rings (SSSR count). The van der Waals surface area contributed by atoms with Gasteiger partial charge in [-0.3, -0.25) is 4.79 Å². The Bertz CT molecular complexity index is 644. The van der Waals surface area contributed by atoms with Crippen LogP contribution < -0.4 is 10.2 Å². The predicted molar refractivity (Wildman–Crippen MR) is 85.8 cm³/mol. The molecule has 0 saturated carbocycles. The van der Waals surface area contributed by atoms with Gasteiger partial charge in [0, 0.05) is 18.8 Å². The first-order valence-corrected chi connectivity index (χ1v) is 7.49. The maximum atomic E-state index is 12.3. The van der Waals surface area contributed by atoms with Crippen molar-refractivity contribution < 1.29 is 4.74 Å². The molecule has 0 unspecified atom stereocenters. The largest absolute Gasteiger partial charge is 0.483 e. The lowest BCUT2D eigenvalue weighted by Crippen LogP contribution is -2.17. The van der Waals surface area contributed by atoms with Gasteiger partial charge in [-0.15, -0.1) is 0 Å². The number of nitrogens with zero attached hydrogens (tertiary/aromatic N) is 1. The van der Waals surface area contributed by atoms with E-state index in [1.807, 2.05) is 44.3 Å². The molecule has 3 nitrogen and oxygen atoms in total. The van der Waals surface area contributed by atoms with Crippen LogP contribution in [0.2, 0.25) is 0 Å². The third-order valence-electron chi connectivity index (χ3n) is 3.75. The summed E-state index contributed by atoms with van der Waals surface area (Å²) in [7, 11) is 2.00. The molecule has 0 N–H and O–H groups in total. The van der Waals surface area contributed by atoms with Crippen LogP contribution in [0.3, 0.4) is 0 Å². The fraction of sp³-hybridized carbons (Fsp3) is 0.389. The maximum absolute atomic E-state index is 12.3. The summed E-state index contributed by atoms with van der Waals surface area (Å²) >= 11 is 0. The summed E-state index contributed by atoms with van der Waals surface area (Å²) in [5.41, 5.74) is 3.02. The zero-order valence-corrected chi connectivity index (χ0v) is 13.1. The van der Waals surface area contributed by atoms with Gasteiger partial charge in [0.05, 0.1) is 5.69 Å². The van der Waals surface area contributed by atoms with Crippen molar-refractivity contribution >= 4 is 0 Å². The minimum absolute atomic E-state index is 0.0207. The van der Waals surface area contributed by atoms with Gasteiger partial charge in [0.2, 0.25) is 5.43 Å². The van der Waals surface area contributed by atoms with Gasteiger partial charge in [-0.1, -0.05) is 43.7 Å². The molecule has 0 saturated heterocycles. The summed E-state index contributed by atoms with van der Waals surface area (Å²) in [5.74, 6) is 0.500. The molecule has 0 amide bonds. The Morgan fingerprint density at radius 3 is 2.57 bits per heavy atom. The highest BCUT2D eigenvalue weighted by atomic mass is 16.5. The van der Waals surface area contributed by atoms with Crippen molar-refractivity contribution in [2.24, 2.45) is 7.05 Å². The van der Waals surface area contributed by atoms with Crippen molar-refractivity contribution in [2.75, 3.05) is 0 Å². The van der Waals surface area contributed by atoms with Gasteiger partial charge in [-0.05, 0) is 25.3 Å². The van der Waals surface area contributed by atoms with Crippen molar-refractivity contribution in [3.05, 3.63) is 63.6 Å². The Labute approximate surface area is 126 Å². The molecule has 0 aliphatic heterocycles. The summed E-state index contributed by atoms with van der Waals surface area (Å²) < 4.78 is 7.92. The SMILES string of the molecule is CCCCc1c(OCc2ccccc2)c(=O)cc(C)n1C. The van der Waals surface area contributed by atoms with Crippen molar-refractivity contribution in [1.82, 2.24) is 4.57 Å². The Kier molecular flexibility index (Phi) is 5.20. The summed E-state index contributed by atoms with van der Waals surface area (Å²) in [6.07, 6.45) is 3.02. The van der Waals surface area contributed by atoms with Gasteiger partial charge < -0.3 is 9.30 Å². The van der Waals surface area contributed by atoms with E-state index >= 15 is 0 Å². The van der Waals surface area contributed by atoms with Crippen LogP contribution in [0.15, 0.2) is 41.2 Å². The third kappa shape index (κ3) is 3.75. The smallest absolute Gasteiger partial charge is 0.223 e. The number of ether oxygens (including phenoxy) is 1. The van der Waals surface area contributed by atoms with E-state index in [1.54, 1.807) is 6.07 Å². The zero-order valence-electron chi connectivity index (χ0n) is 13.1. The van der Waals surface area contributed by atoms with Crippen LogP contribution in [-0.4, -0.2) is 4.57 Å². The molecule has 3 heteroatoms. The highest BCUT2D eigenvalue weighted by molar-refractivity contribution is 5.31. The van der Waals surface area contributed by atoms with E-state index in [-0.39, 0.29) is 5.43 Å². The highest BCUT2D eigenvalue weighted by Crippen LogP contribution is 2.18. The summed E-state index contributed by atoms with van der Waals surface area (Å²) in [6, 6.07) is 11.6. The summed E-state index contributed by atoms with van der Waals surface area (Å²) in [4.78, 5) is 12.3. The Morgan fingerprint density at radius 1 is 1.19 bits per heavy atom. The predicted octanol–water partition coefficient (Wildman–Crippen LogP) is 3.62. The average Bonchev–Trinajstić information content (AvgIpc) is 2.49. The summed E-state index contributed by atoms with van der Waals surface area (Å²) in [5, 5.41) is 0. The molecule has 0 bridgehead atoms. The quantitative estimate of drug-likeness (QED) is 0.811. The fourth-order valence-electron chi connectivity index (χ4n) is 2.37. The molecule has 0 spiro atoms. The van der Waals surface area contributed by atoms with Crippen LogP contribution in [0.25, 0.3) is 0 Å². The van der Waals surface area contributed by atoms with Gasteiger partial charge in [-0.2, -0.15) is 0 Å². The molecule has 0 aliphatic carbocycles. The van der Waals surface area contributed by atoms with Gasteiger partial charge in [0.15, 0.2) is 5.75 Å². The number of aryl methyl sites for hydroxylation is 1. The van der Waals surface area contributed by atoms with Crippen molar-refractivity contribution in [3.63, 3.8) is 0 Å². The molecule has 2 aromatic rings. The molecular formula is C18H23NO2. The van der Waals surface area contributed by atoms with Crippen LogP contribution in [0.4, 0.5) is 0 Å². The lowest BCUT2D eigenvalue weighted by atomic mass is 10.1. The molecule has 112 valence electrons. The topological polar surface area (TPSA) is 31.2 Å². The van der Waals surface area contributed by atoms with E-state index in [2.05, 4.69) is 11.5 Å². The van der Waals surface area contributed by atoms with Crippen LogP contribution in [-0.2, 0) is 20.1 Å². The first-order chi connectivity index (χ1) is 10.1.